The maximum absolute atomic E-state index is 11.1. The molecule has 96 valence electrons. The Hall–Kier alpha value is -1.88. The molecule has 0 aliphatic heterocycles. The molecule has 0 fully saturated rings. The summed E-state index contributed by atoms with van der Waals surface area (Å²) in [5.74, 6) is -2.32. The van der Waals surface area contributed by atoms with Crippen LogP contribution in [0.2, 0.25) is 0 Å². The average molecular weight is 244 g/mol. The molecule has 0 aliphatic rings. The number of hydrazone groups is 1. The van der Waals surface area contributed by atoms with Gasteiger partial charge in [0.15, 0.2) is 0 Å². The number of carboxylic acid groups (broad SMARTS) is 2. The predicted octanol–water partition coefficient (Wildman–Crippen LogP) is 0.656. The van der Waals surface area contributed by atoms with Gasteiger partial charge in [0, 0.05) is 6.42 Å². The number of rotatable bonds is 6. The van der Waals surface area contributed by atoms with Gasteiger partial charge >= 0.3 is 11.9 Å². The Balaban J connectivity index is 5.04. The fourth-order valence-electron chi connectivity index (χ4n) is 1.34. The third-order valence-corrected chi connectivity index (χ3v) is 2.05. The van der Waals surface area contributed by atoms with Crippen LogP contribution in [0.5, 0.6) is 0 Å². The summed E-state index contributed by atoms with van der Waals surface area (Å²) in [5.41, 5.74) is -0.709. The molecular formula is C10H16N2O5. The average Bonchev–Trinajstić information content (AvgIpc) is 2.14. The van der Waals surface area contributed by atoms with Crippen LogP contribution in [0, 0.1) is 0 Å². The van der Waals surface area contributed by atoms with Gasteiger partial charge in [0.1, 0.15) is 6.04 Å². The van der Waals surface area contributed by atoms with Crippen LogP contribution in [0.4, 0.5) is 0 Å². The second kappa shape index (κ2) is 6.00. The summed E-state index contributed by atoms with van der Waals surface area (Å²) < 4.78 is 0. The topological polar surface area (TPSA) is 107 Å². The molecule has 0 aliphatic carbocycles. The van der Waals surface area contributed by atoms with Gasteiger partial charge in [-0.15, -0.1) is 0 Å². The summed E-state index contributed by atoms with van der Waals surface area (Å²) in [6.45, 7) is 5.01. The van der Waals surface area contributed by atoms with Gasteiger partial charge in [-0.3, -0.25) is 9.80 Å². The van der Waals surface area contributed by atoms with Crippen molar-refractivity contribution >= 4 is 18.0 Å². The summed E-state index contributed by atoms with van der Waals surface area (Å²) in [7, 11) is 0. The van der Waals surface area contributed by atoms with Crippen molar-refractivity contribution in [2.24, 2.45) is 5.10 Å². The van der Waals surface area contributed by atoms with Crippen molar-refractivity contribution in [3.05, 3.63) is 0 Å². The van der Waals surface area contributed by atoms with Gasteiger partial charge < -0.3 is 10.2 Å². The first-order chi connectivity index (χ1) is 7.70. The van der Waals surface area contributed by atoms with E-state index in [1.165, 1.54) is 6.08 Å². The molecule has 1 atom stereocenters. The molecule has 0 bridgehead atoms. The van der Waals surface area contributed by atoms with Crippen molar-refractivity contribution in [2.45, 2.75) is 45.2 Å². The van der Waals surface area contributed by atoms with Crippen LogP contribution in [0.25, 0.3) is 0 Å². The van der Waals surface area contributed by atoms with Crippen LogP contribution >= 0.6 is 0 Å². The van der Waals surface area contributed by atoms with Gasteiger partial charge in [0.25, 0.3) is 6.08 Å². The molecule has 0 rings (SSSR count). The Morgan fingerprint density at radius 3 is 2.18 bits per heavy atom. The molecule has 7 heteroatoms. The zero-order valence-corrected chi connectivity index (χ0v) is 10.0. The fraction of sp³-hybridized carbons (Fsp3) is 0.700. The minimum Gasteiger partial charge on any atom is -0.481 e. The minimum absolute atomic E-state index is 0.132. The lowest BCUT2D eigenvalue weighted by Gasteiger charge is -2.35. The SMILES string of the molecule is CC(C)(C)N(N=C=O)[C@@H](CCC(=O)O)C(=O)O. The third kappa shape index (κ3) is 5.12. The molecule has 0 heterocycles. The Labute approximate surface area is 98.7 Å². The first kappa shape index (κ1) is 15.1. The number of carboxylic acids is 2. The first-order valence-electron chi connectivity index (χ1n) is 5.02. The van der Waals surface area contributed by atoms with Gasteiger partial charge in [-0.2, -0.15) is 0 Å². The maximum atomic E-state index is 11.1. The Morgan fingerprint density at radius 2 is 1.88 bits per heavy atom. The van der Waals surface area contributed by atoms with E-state index in [0.29, 0.717) is 0 Å². The highest BCUT2D eigenvalue weighted by Gasteiger charge is 2.33. The highest BCUT2D eigenvalue weighted by Crippen LogP contribution is 2.20. The van der Waals surface area contributed by atoms with Crippen LogP contribution in [0.3, 0.4) is 0 Å². The van der Waals surface area contributed by atoms with Crippen molar-refractivity contribution in [3.63, 3.8) is 0 Å². The molecule has 0 radical (unpaired) electrons. The zero-order chi connectivity index (χ0) is 13.6. The lowest BCUT2D eigenvalue weighted by Crippen LogP contribution is -2.48. The zero-order valence-electron chi connectivity index (χ0n) is 10.0. The second-order valence-electron chi connectivity index (χ2n) is 4.49. The number of hydrogen-bond acceptors (Lipinski definition) is 5. The quantitative estimate of drug-likeness (QED) is 0.403. The minimum atomic E-state index is -1.22. The number of nitrogens with zero attached hydrogens (tertiary/aromatic N) is 2. The Bertz CT molecular complexity index is 341. The predicted molar refractivity (Wildman–Crippen MR) is 58.0 cm³/mol. The standard InChI is InChI=1S/C10H16N2O5/c1-10(2,3)12(11-6-13)7(9(16)17)4-5-8(14)15/h7H,4-5H2,1-3H3,(H,14,15)(H,16,17)/t7-/m0/s1. The van der Waals surface area contributed by atoms with E-state index in [9.17, 15) is 14.4 Å². The smallest absolute Gasteiger partial charge is 0.328 e. The molecule has 0 aromatic heterocycles. The Kier molecular flexibility index (Phi) is 5.34. The molecule has 0 amide bonds. The molecule has 0 saturated carbocycles. The molecule has 7 nitrogen and oxygen atoms in total. The van der Waals surface area contributed by atoms with Gasteiger partial charge in [0.2, 0.25) is 0 Å². The van der Waals surface area contributed by atoms with Gasteiger partial charge in [-0.25, -0.2) is 9.59 Å². The van der Waals surface area contributed by atoms with E-state index in [4.69, 9.17) is 10.2 Å². The van der Waals surface area contributed by atoms with Gasteiger partial charge in [0.05, 0.1) is 5.54 Å². The summed E-state index contributed by atoms with van der Waals surface area (Å²) in [6, 6.07) is -1.16. The number of aliphatic carboxylic acids is 2. The molecule has 17 heavy (non-hydrogen) atoms. The van der Waals surface area contributed by atoms with Gasteiger partial charge in [-0.05, 0) is 27.2 Å². The van der Waals surface area contributed by atoms with Crippen LogP contribution in [-0.2, 0) is 14.4 Å². The molecular weight excluding hydrogens is 228 g/mol. The number of isocyanates is 1. The molecule has 0 aromatic carbocycles. The highest BCUT2D eigenvalue weighted by molar-refractivity contribution is 5.75. The van der Waals surface area contributed by atoms with Crippen molar-refractivity contribution in [1.29, 1.82) is 0 Å². The molecule has 0 saturated heterocycles. The van der Waals surface area contributed by atoms with Crippen molar-refractivity contribution < 1.29 is 24.6 Å². The van der Waals surface area contributed by atoms with Crippen LogP contribution in [0.15, 0.2) is 5.10 Å². The summed E-state index contributed by atoms with van der Waals surface area (Å²) >= 11 is 0. The fourth-order valence-corrected chi connectivity index (χ4v) is 1.34. The summed E-state index contributed by atoms with van der Waals surface area (Å²) in [6.07, 6.45) is 0.848. The van der Waals surface area contributed by atoms with E-state index in [2.05, 4.69) is 5.10 Å². The maximum Gasteiger partial charge on any atom is 0.328 e. The number of hydrogen-bond donors (Lipinski definition) is 2. The van der Waals surface area contributed by atoms with Crippen molar-refractivity contribution in [1.82, 2.24) is 5.01 Å². The summed E-state index contributed by atoms with van der Waals surface area (Å²) in [4.78, 5) is 31.8. The van der Waals surface area contributed by atoms with Crippen LogP contribution < -0.4 is 0 Å². The van der Waals surface area contributed by atoms with Crippen LogP contribution in [-0.4, -0.2) is 44.8 Å². The molecule has 2 N–H and O–H groups in total. The lowest BCUT2D eigenvalue weighted by molar-refractivity contribution is -0.147. The Morgan fingerprint density at radius 1 is 1.35 bits per heavy atom. The first-order valence-corrected chi connectivity index (χ1v) is 5.02. The van der Waals surface area contributed by atoms with E-state index < -0.39 is 23.5 Å². The molecule has 0 unspecified atom stereocenters. The number of carbonyl (C=O) groups excluding carboxylic acids is 1. The van der Waals surface area contributed by atoms with E-state index in [0.717, 1.165) is 5.01 Å². The van der Waals surface area contributed by atoms with E-state index >= 15 is 0 Å². The normalized spacial score (nSPS) is 12.4. The van der Waals surface area contributed by atoms with Crippen LogP contribution in [0.1, 0.15) is 33.6 Å². The van der Waals surface area contributed by atoms with E-state index in [-0.39, 0.29) is 12.8 Å². The van der Waals surface area contributed by atoms with Crippen molar-refractivity contribution in [2.75, 3.05) is 0 Å². The monoisotopic (exact) mass is 244 g/mol. The van der Waals surface area contributed by atoms with E-state index in [1.807, 2.05) is 0 Å². The molecule has 0 aromatic rings. The van der Waals surface area contributed by atoms with Gasteiger partial charge in [-0.1, -0.05) is 5.10 Å². The highest BCUT2D eigenvalue weighted by atomic mass is 16.4. The van der Waals surface area contributed by atoms with Crippen molar-refractivity contribution in [3.8, 4) is 0 Å². The lowest BCUT2D eigenvalue weighted by atomic mass is 10.0. The largest absolute Gasteiger partial charge is 0.481 e. The molecule has 0 spiro atoms. The van der Waals surface area contributed by atoms with E-state index in [1.54, 1.807) is 20.8 Å². The number of carbonyl (C=O) groups is 2. The third-order valence-electron chi connectivity index (χ3n) is 2.05. The summed E-state index contributed by atoms with van der Waals surface area (Å²) in [5, 5.41) is 22.0. The second-order valence-corrected chi connectivity index (χ2v) is 4.49.